The Morgan fingerprint density at radius 1 is 1.12 bits per heavy atom. The van der Waals surface area contributed by atoms with Gasteiger partial charge in [-0.1, -0.05) is 31.4 Å². The minimum absolute atomic E-state index is 0.706. The minimum atomic E-state index is 0.706. The Morgan fingerprint density at radius 3 is 2.75 bits per heavy atom. The molecule has 0 amide bonds. The zero-order chi connectivity index (χ0) is 11.4. The largest absolute Gasteiger partial charge is 0.238 e. The Labute approximate surface area is 102 Å². The lowest BCUT2D eigenvalue weighted by Gasteiger charge is -2.08. The SMILES string of the molecule is CCCCc1nc(Cl)c2c(n1)CCCCC2. The number of hydrogen-bond donors (Lipinski definition) is 0. The van der Waals surface area contributed by atoms with E-state index < -0.39 is 0 Å². The predicted octanol–water partition coefficient (Wildman–Crippen LogP) is 3.74. The van der Waals surface area contributed by atoms with Crippen LogP contribution >= 0.6 is 11.6 Å². The average molecular weight is 239 g/mol. The van der Waals surface area contributed by atoms with Gasteiger partial charge in [0, 0.05) is 17.7 Å². The topological polar surface area (TPSA) is 25.8 Å². The van der Waals surface area contributed by atoms with E-state index in [1.54, 1.807) is 0 Å². The summed E-state index contributed by atoms with van der Waals surface area (Å²) in [6.07, 6.45) is 9.19. The Morgan fingerprint density at radius 2 is 1.94 bits per heavy atom. The molecule has 0 fully saturated rings. The van der Waals surface area contributed by atoms with Crippen LogP contribution in [0.5, 0.6) is 0 Å². The van der Waals surface area contributed by atoms with Gasteiger partial charge < -0.3 is 0 Å². The van der Waals surface area contributed by atoms with Gasteiger partial charge in [0.15, 0.2) is 0 Å². The summed E-state index contributed by atoms with van der Waals surface area (Å²) in [5.74, 6) is 0.938. The Kier molecular flexibility index (Phi) is 4.16. The van der Waals surface area contributed by atoms with Crippen molar-refractivity contribution in [2.75, 3.05) is 0 Å². The van der Waals surface area contributed by atoms with Crippen LogP contribution in [0.2, 0.25) is 5.15 Å². The quantitative estimate of drug-likeness (QED) is 0.592. The Balaban J connectivity index is 2.24. The van der Waals surface area contributed by atoms with Crippen LogP contribution in [0.25, 0.3) is 0 Å². The van der Waals surface area contributed by atoms with Crippen molar-refractivity contribution in [1.29, 1.82) is 0 Å². The first-order chi connectivity index (χ1) is 7.81. The minimum Gasteiger partial charge on any atom is -0.238 e. The van der Waals surface area contributed by atoms with Crippen molar-refractivity contribution >= 4 is 11.6 Å². The summed E-state index contributed by atoms with van der Waals surface area (Å²) in [7, 11) is 0. The number of rotatable bonds is 3. The van der Waals surface area contributed by atoms with Crippen molar-refractivity contribution in [1.82, 2.24) is 9.97 Å². The van der Waals surface area contributed by atoms with E-state index in [1.165, 1.54) is 36.9 Å². The third-order valence-electron chi connectivity index (χ3n) is 3.18. The predicted molar refractivity (Wildman–Crippen MR) is 66.9 cm³/mol. The summed E-state index contributed by atoms with van der Waals surface area (Å²) >= 11 is 6.25. The van der Waals surface area contributed by atoms with E-state index in [1.807, 2.05) is 0 Å². The highest BCUT2D eigenvalue weighted by molar-refractivity contribution is 6.30. The highest BCUT2D eigenvalue weighted by Crippen LogP contribution is 2.24. The standard InChI is InChI=1S/C13H19ClN2/c1-2-3-9-12-15-11-8-6-4-5-7-10(11)13(14)16-12/h2-9H2,1H3. The van der Waals surface area contributed by atoms with Gasteiger partial charge in [-0.05, 0) is 32.1 Å². The Bertz CT molecular complexity index is 363. The normalized spacial score (nSPS) is 15.6. The molecule has 0 aromatic carbocycles. The zero-order valence-electron chi connectivity index (χ0n) is 9.93. The lowest BCUT2D eigenvalue weighted by atomic mass is 10.1. The molecule has 1 heterocycles. The molecule has 88 valence electrons. The number of fused-ring (bicyclic) bond motifs is 1. The van der Waals surface area contributed by atoms with Gasteiger partial charge in [-0.25, -0.2) is 9.97 Å². The van der Waals surface area contributed by atoms with Crippen LogP contribution in [0.4, 0.5) is 0 Å². The molecule has 2 nitrogen and oxygen atoms in total. The van der Waals surface area contributed by atoms with Gasteiger partial charge in [-0.2, -0.15) is 0 Å². The third-order valence-corrected chi connectivity index (χ3v) is 3.50. The second kappa shape index (κ2) is 5.62. The molecule has 2 rings (SSSR count). The molecule has 0 radical (unpaired) electrons. The fourth-order valence-electron chi connectivity index (χ4n) is 2.22. The number of aryl methyl sites for hydroxylation is 2. The van der Waals surface area contributed by atoms with Crippen LogP contribution in [0.1, 0.15) is 56.1 Å². The maximum absolute atomic E-state index is 6.25. The molecule has 0 bridgehead atoms. The van der Waals surface area contributed by atoms with Crippen molar-refractivity contribution in [2.24, 2.45) is 0 Å². The fraction of sp³-hybridized carbons (Fsp3) is 0.692. The molecule has 0 saturated heterocycles. The highest BCUT2D eigenvalue weighted by atomic mass is 35.5. The molecule has 3 heteroatoms. The van der Waals surface area contributed by atoms with Crippen LogP contribution in [-0.2, 0) is 19.3 Å². The van der Waals surface area contributed by atoms with E-state index >= 15 is 0 Å². The Hall–Kier alpha value is -0.630. The lowest BCUT2D eigenvalue weighted by Crippen LogP contribution is -2.04. The smallest absolute Gasteiger partial charge is 0.136 e. The maximum atomic E-state index is 6.25. The van der Waals surface area contributed by atoms with Crippen molar-refractivity contribution in [3.8, 4) is 0 Å². The first-order valence-electron chi connectivity index (χ1n) is 6.35. The molecule has 1 aromatic rings. The van der Waals surface area contributed by atoms with Crippen LogP contribution in [-0.4, -0.2) is 9.97 Å². The van der Waals surface area contributed by atoms with E-state index in [4.69, 9.17) is 11.6 Å². The van der Waals surface area contributed by atoms with E-state index in [-0.39, 0.29) is 0 Å². The third kappa shape index (κ3) is 2.73. The molecular formula is C13H19ClN2. The summed E-state index contributed by atoms with van der Waals surface area (Å²) < 4.78 is 0. The second-order valence-electron chi connectivity index (χ2n) is 4.52. The molecule has 1 aliphatic carbocycles. The molecule has 0 aliphatic heterocycles. The van der Waals surface area contributed by atoms with Gasteiger partial charge in [0.05, 0.1) is 0 Å². The van der Waals surface area contributed by atoms with E-state index in [9.17, 15) is 0 Å². The van der Waals surface area contributed by atoms with Crippen molar-refractivity contribution in [2.45, 2.75) is 58.3 Å². The number of aromatic nitrogens is 2. The fourth-order valence-corrected chi connectivity index (χ4v) is 2.52. The number of halogens is 1. The molecule has 0 unspecified atom stereocenters. The van der Waals surface area contributed by atoms with Gasteiger partial charge in [0.1, 0.15) is 11.0 Å². The highest BCUT2D eigenvalue weighted by Gasteiger charge is 2.15. The maximum Gasteiger partial charge on any atom is 0.136 e. The summed E-state index contributed by atoms with van der Waals surface area (Å²) in [5, 5.41) is 0.706. The first kappa shape index (κ1) is 11.8. The first-order valence-corrected chi connectivity index (χ1v) is 6.73. The molecule has 0 spiro atoms. The van der Waals surface area contributed by atoms with Gasteiger partial charge in [0.2, 0.25) is 0 Å². The van der Waals surface area contributed by atoms with Crippen molar-refractivity contribution in [3.05, 3.63) is 22.2 Å². The van der Waals surface area contributed by atoms with Gasteiger partial charge in [-0.3, -0.25) is 0 Å². The molecule has 16 heavy (non-hydrogen) atoms. The summed E-state index contributed by atoms with van der Waals surface area (Å²) in [5.41, 5.74) is 2.42. The second-order valence-corrected chi connectivity index (χ2v) is 4.88. The van der Waals surface area contributed by atoms with Crippen LogP contribution in [0.15, 0.2) is 0 Å². The summed E-state index contributed by atoms with van der Waals surface area (Å²) in [4.78, 5) is 9.10. The zero-order valence-corrected chi connectivity index (χ0v) is 10.7. The molecule has 1 aromatic heterocycles. The summed E-state index contributed by atoms with van der Waals surface area (Å²) in [6, 6.07) is 0. The van der Waals surface area contributed by atoms with Gasteiger partial charge >= 0.3 is 0 Å². The number of hydrogen-bond acceptors (Lipinski definition) is 2. The van der Waals surface area contributed by atoms with E-state index in [0.29, 0.717) is 5.15 Å². The number of nitrogens with zero attached hydrogens (tertiary/aromatic N) is 2. The molecule has 0 N–H and O–H groups in total. The van der Waals surface area contributed by atoms with E-state index in [0.717, 1.165) is 31.5 Å². The lowest BCUT2D eigenvalue weighted by molar-refractivity contribution is 0.705. The molecular weight excluding hydrogens is 220 g/mol. The average Bonchev–Trinajstić information content (AvgIpc) is 2.51. The molecule has 1 aliphatic rings. The van der Waals surface area contributed by atoms with Crippen LogP contribution in [0, 0.1) is 0 Å². The monoisotopic (exact) mass is 238 g/mol. The van der Waals surface area contributed by atoms with Gasteiger partial charge in [-0.15, -0.1) is 0 Å². The van der Waals surface area contributed by atoms with Crippen LogP contribution in [0.3, 0.4) is 0 Å². The van der Waals surface area contributed by atoms with Gasteiger partial charge in [0.25, 0.3) is 0 Å². The number of unbranched alkanes of at least 4 members (excludes halogenated alkanes) is 1. The summed E-state index contributed by atoms with van der Waals surface area (Å²) in [6.45, 7) is 2.19. The molecule has 0 saturated carbocycles. The van der Waals surface area contributed by atoms with Crippen molar-refractivity contribution in [3.63, 3.8) is 0 Å². The van der Waals surface area contributed by atoms with Crippen LogP contribution < -0.4 is 0 Å². The van der Waals surface area contributed by atoms with Crippen molar-refractivity contribution < 1.29 is 0 Å². The van der Waals surface area contributed by atoms with E-state index in [2.05, 4.69) is 16.9 Å². The molecule has 0 atom stereocenters.